The minimum absolute atomic E-state index is 0.155. The molecule has 0 radical (unpaired) electrons. The van der Waals surface area contributed by atoms with Crippen LogP contribution in [0.3, 0.4) is 0 Å². The van der Waals surface area contributed by atoms with Crippen molar-refractivity contribution in [2.75, 3.05) is 13.1 Å². The van der Waals surface area contributed by atoms with Crippen LogP contribution in [0.2, 0.25) is 0 Å². The van der Waals surface area contributed by atoms with Gasteiger partial charge in [-0.05, 0) is 12.8 Å². The highest BCUT2D eigenvalue weighted by atomic mass is 16.4. The molecule has 0 bridgehead atoms. The molecule has 5 nitrogen and oxygen atoms in total. The van der Waals surface area contributed by atoms with E-state index in [-0.39, 0.29) is 18.9 Å². The molecule has 1 rings (SSSR count). The molecule has 0 unspecified atom stereocenters. The number of rotatable bonds is 5. The summed E-state index contributed by atoms with van der Waals surface area (Å²) < 4.78 is 0. The second-order valence-corrected chi connectivity index (χ2v) is 4.82. The monoisotopic (exact) mass is 242 g/mol. The molecule has 0 aromatic heterocycles. The molecule has 4 N–H and O–H groups in total. The van der Waals surface area contributed by atoms with Gasteiger partial charge in [0.05, 0.1) is 5.41 Å². The Kier molecular flexibility index (Phi) is 5.41. The number of carbonyl (C=O) groups excluding carboxylic acids is 1. The lowest BCUT2D eigenvalue weighted by Gasteiger charge is -2.28. The van der Waals surface area contributed by atoms with Gasteiger partial charge in [0.2, 0.25) is 5.91 Å². The van der Waals surface area contributed by atoms with Crippen molar-refractivity contribution in [3.05, 3.63) is 0 Å². The molecule has 1 aliphatic rings. The molecule has 98 valence electrons. The van der Waals surface area contributed by atoms with E-state index >= 15 is 0 Å². The number of hydrogen-bond acceptors (Lipinski definition) is 3. The van der Waals surface area contributed by atoms with Crippen LogP contribution in [-0.4, -0.2) is 30.1 Å². The van der Waals surface area contributed by atoms with Crippen molar-refractivity contribution in [1.82, 2.24) is 5.32 Å². The largest absolute Gasteiger partial charge is 0.481 e. The molecule has 0 aliphatic heterocycles. The summed E-state index contributed by atoms with van der Waals surface area (Å²) in [7, 11) is 0. The van der Waals surface area contributed by atoms with Crippen LogP contribution in [-0.2, 0) is 9.59 Å². The first kappa shape index (κ1) is 14.0. The van der Waals surface area contributed by atoms with Gasteiger partial charge in [0.1, 0.15) is 0 Å². The fraction of sp³-hybridized carbons (Fsp3) is 0.833. The Morgan fingerprint density at radius 2 is 1.76 bits per heavy atom. The summed E-state index contributed by atoms with van der Waals surface area (Å²) in [6, 6.07) is 0. The Balaban J connectivity index is 2.58. The van der Waals surface area contributed by atoms with Crippen LogP contribution in [0.25, 0.3) is 0 Å². The van der Waals surface area contributed by atoms with Crippen LogP contribution in [0.1, 0.15) is 44.9 Å². The Morgan fingerprint density at radius 3 is 2.24 bits per heavy atom. The average Bonchev–Trinajstić information content (AvgIpc) is 2.53. The van der Waals surface area contributed by atoms with Crippen LogP contribution < -0.4 is 11.1 Å². The zero-order valence-electron chi connectivity index (χ0n) is 10.2. The van der Waals surface area contributed by atoms with Crippen LogP contribution in [0.5, 0.6) is 0 Å². The maximum absolute atomic E-state index is 11.4. The van der Waals surface area contributed by atoms with Crippen molar-refractivity contribution in [3.8, 4) is 0 Å². The zero-order chi connectivity index (χ0) is 12.7. The highest BCUT2D eigenvalue weighted by Gasteiger charge is 2.38. The third-order valence-electron chi connectivity index (χ3n) is 3.51. The first-order chi connectivity index (χ1) is 8.10. The minimum Gasteiger partial charge on any atom is -0.481 e. The second kappa shape index (κ2) is 6.59. The van der Waals surface area contributed by atoms with Gasteiger partial charge in [-0.3, -0.25) is 9.59 Å². The zero-order valence-corrected chi connectivity index (χ0v) is 10.2. The fourth-order valence-corrected chi connectivity index (χ4v) is 2.36. The molecule has 0 heterocycles. The Labute approximate surface area is 102 Å². The molecule has 1 aliphatic carbocycles. The topological polar surface area (TPSA) is 92.4 Å². The molecule has 0 atom stereocenters. The number of aliphatic carboxylic acids is 1. The van der Waals surface area contributed by atoms with Gasteiger partial charge in [-0.2, -0.15) is 0 Å². The van der Waals surface area contributed by atoms with Crippen LogP contribution in [0, 0.1) is 5.41 Å². The standard InChI is InChI=1S/C12H22N2O3/c13-8-5-10(15)14-9-12(11(16)17)6-3-1-2-4-7-12/h1-9,13H2,(H,14,15)(H,16,17). The summed E-state index contributed by atoms with van der Waals surface area (Å²) in [5.41, 5.74) is 4.52. The first-order valence-electron chi connectivity index (χ1n) is 6.31. The lowest BCUT2D eigenvalue weighted by Crippen LogP contribution is -2.43. The number of carboxylic acid groups (broad SMARTS) is 1. The first-order valence-corrected chi connectivity index (χ1v) is 6.31. The average molecular weight is 242 g/mol. The van der Waals surface area contributed by atoms with Gasteiger partial charge < -0.3 is 16.2 Å². The Morgan fingerprint density at radius 1 is 1.18 bits per heavy atom. The van der Waals surface area contributed by atoms with E-state index in [0.29, 0.717) is 19.4 Å². The van der Waals surface area contributed by atoms with E-state index in [0.717, 1.165) is 25.7 Å². The van der Waals surface area contributed by atoms with E-state index in [1.807, 2.05) is 0 Å². The predicted octanol–water partition coefficient (Wildman–Crippen LogP) is 0.877. The van der Waals surface area contributed by atoms with Crippen LogP contribution in [0.15, 0.2) is 0 Å². The number of carbonyl (C=O) groups is 2. The quantitative estimate of drug-likeness (QED) is 0.624. The summed E-state index contributed by atoms with van der Waals surface area (Å²) in [6.07, 6.45) is 5.61. The summed E-state index contributed by atoms with van der Waals surface area (Å²) in [5, 5.41) is 12.1. The van der Waals surface area contributed by atoms with Gasteiger partial charge >= 0.3 is 5.97 Å². The van der Waals surface area contributed by atoms with E-state index in [1.165, 1.54) is 0 Å². The summed E-state index contributed by atoms with van der Waals surface area (Å²) in [4.78, 5) is 22.8. The van der Waals surface area contributed by atoms with Gasteiger partial charge in [0, 0.05) is 19.5 Å². The summed E-state index contributed by atoms with van der Waals surface area (Å²) in [5.74, 6) is -0.940. The number of nitrogens with two attached hydrogens (primary N) is 1. The molecule has 0 aromatic carbocycles. The third kappa shape index (κ3) is 4.00. The molecule has 0 spiro atoms. The lowest BCUT2D eigenvalue weighted by atomic mass is 9.80. The van der Waals surface area contributed by atoms with Crippen molar-refractivity contribution in [2.24, 2.45) is 11.1 Å². The third-order valence-corrected chi connectivity index (χ3v) is 3.51. The molecule has 1 saturated carbocycles. The van der Waals surface area contributed by atoms with Gasteiger partial charge in [0.15, 0.2) is 0 Å². The Hall–Kier alpha value is -1.10. The highest BCUT2D eigenvalue weighted by Crippen LogP contribution is 2.34. The number of amides is 1. The minimum atomic E-state index is -0.785. The smallest absolute Gasteiger partial charge is 0.311 e. The molecule has 0 aromatic rings. The van der Waals surface area contributed by atoms with Crippen molar-refractivity contribution in [3.63, 3.8) is 0 Å². The van der Waals surface area contributed by atoms with Gasteiger partial charge in [-0.15, -0.1) is 0 Å². The van der Waals surface area contributed by atoms with Gasteiger partial charge in [-0.25, -0.2) is 0 Å². The molecule has 0 saturated heterocycles. The lowest BCUT2D eigenvalue weighted by molar-refractivity contribution is -0.149. The summed E-state index contributed by atoms with van der Waals surface area (Å²) in [6.45, 7) is 0.535. The van der Waals surface area contributed by atoms with Crippen molar-refractivity contribution in [2.45, 2.75) is 44.9 Å². The van der Waals surface area contributed by atoms with Crippen molar-refractivity contribution in [1.29, 1.82) is 0 Å². The Bertz CT molecular complexity index is 271. The molecular weight excluding hydrogens is 220 g/mol. The number of carboxylic acids is 1. The normalized spacial score (nSPS) is 19.4. The second-order valence-electron chi connectivity index (χ2n) is 4.82. The SMILES string of the molecule is NCCC(=O)NCC1(C(=O)O)CCCCCC1. The molecule has 1 amide bonds. The van der Waals surface area contributed by atoms with Crippen LogP contribution in [0.4, 0.5) is 0 Å². The highest BCUT2D eigenvalue weighted by molar-refractivity contribution is 5.79. The van der Waals surface area contributed by atoms with Gasteiger partial charge in [-0.1, -0.05) is 25.7 Å². The van der Waals surface area contributed by atoms with Crippen molar-refractivity contribution < 1.29 is 14.7 Å². The van der Waals surface area contributed by atoms with E-state index in [2.05, 4.69) is 5.32 Å². The maximum atomic E-state index is 11.4. The van der Waals surface area contributed by atoms with Crippen molar-refractivity contribution >= 4 is 11.9 Å². The van der Waals surface area contributed by atoms with Crippen LogP contribution >= 0.6 is 0 Å². The molecule has 5 heteroatoms. The van der Waals surface area contributed by atoms with E-state index in [1.54, 1.807) is 0 Å². The number of hydrogen-bond donors (Lipinski definition) is 3. The van der Waals surface area contributed by atoms with E-state index in [9.17, 15) is 14.7 Å². The summed E-state index contributed by atoms with van der Waals surface area (Å²) >= 11 is 0. The van der Waals surface area contributed by atoms with Gasteiger partial charge in [0.25, 0.3) is 0 Å². The fourth-order valence-electron chi connectivity index (χ4n) is 2.36. The molecule has 1 fully saturated rings. The molecule has 17 heavy (non-hydrogen) atoms. The molecular formula is C12H22N2O3. The van der Waals surface area contributed by atoms with E-state index < -0.39 is 11.4 Å². The predicted molar refractivity (Wildman–Crippen MR) is 64.5 cm³/mol. The van der Waals surface area contributed by atoms with E-state index in [4.69, 9.17) is 5.73 Å². The maximum Gasteiger partial charge on any atom is 0.311 e. The number of nitrogens with one attached hydrogen (secondary N) is 1.